The molecule has 1 saturated heterocycles. The van der Waals surface area contributed by atoms with Crippen molar-refractivity contribution in [3.8, 4) is 11.5 Å². The van der Waals surface area contributed by atoms with Crippen LogP contribution in [0, 0.1) is 0 Å². The zero-order chi connectivity index (χ0) is 21.9. The van der Waals surface area contributed by atoms with Gasteiger partial charge in [-0.2, -0.15) is 21.6 Å². The minimum Gasteiger partial charge on any atom is -0.494 e. The van der Waals surface area contributed by atoms with Crippen molar-refractivity contribution in [2.24, 2.45) is 0 Å². The number of ether oxygens (including phenoxy) is 1. The van der Waals surface area contributed by atoms with Crippen LogP contribution in [0.2, 0.25) is 0 Å². The van der Waals surface area contributed by atoms with Gasteiger partial charge in [0.25, 0.3) is 0 Å². The van der Waals surface area contributed by atoms with Crippen molar-refractivity contribution >= 4 is 21.0 Å². The van der Waals surface area contributed by atoms with Crippen LogP contribution in [0.1, 0.15) is 51.1 Å². The molecule has 0 atom stereocenters. The summed E-state index contributed by atoms with van der Waals surface area (Å²) >= 11 is 0. The molecule has 0 aliphatic carbocycles. The van der Waals surface area contributed by atoms with E-state index in [1.54, 1.807) is 19.1 Å². The molecule has 0 bridgehead atoms. The molecule has 0 saturated carbocycles. The number of H-pyrrole nitrogens is 1. The van der Waals surface area contributed by atoms with Crippen LogP contribution in [0.5, 0.6) is 11.5 Å². The molecule has 168 valence electrons. The number of piperidine rings is 1. The Labute approximate surface area is 174 Å². The first-order valence-electron chi connectivity index (χ1n) is 10.2. The minimum absolute atomic E-state index is 0.121. The number of alkyl halides is 3. The first kappa shape index (κ1) is 22.7. The van der Waals surface area contributed by atoms with Crippen molar-refractivity contribution in [1.82, 2.24) is 9.88 Å². The fraction of sp³-hybridized carbons (Fsp3) is 0.600. The highest BCUT2D eigenvalue weighted by molar-refractivity contribution is 7.88. The Kier molecular flexibility index (Phi) is 6.86. The second-order valence-corrected chi connectivity index (χ2v) is 9.00. The molecular formula is C20H27F3N2O4S. The lowest BCUT2D eigenvalue weighted by Crippen LogP contribution is -2.34. The minimum atomic E-state index is -5.79. The third-order valence-electron chi connectivity index (χ3n) is 5.36. The Bertz CT molecular complexity index is 964. The lowest BCUT2D eigenvalue weighted by atomic mass is 9.93. The van der Waals surface area contributed by atoms with Gasteiger partial charge < -0.3 is 18.8 Å². The van der Waals surface area contributed by atoms with Crippen molar-refractivity contribution in [1.29, 1.82) is 0 Å². The van der Waals surface area contributed by atoms with Gasteiger partial charge in [-0.25, -0.2) is 0 Å². The fourth-order valence-corrected chi connectivity index (χ4v) is 4.28. The van der Waals surface area contributed by atoms with Crippen LogP contribution < -0.4 is 8.92 Å². The maximum atomic E-state index is 13.0. The number of nitrogens with one attached hydrogen (secondary N) is 1. The highest BCUT2D eigenvalue weighted by Crippen LogP contribution is 2.42. The standard InChI is InChI=1S/C20H27F3N2O4S/c1-3-5-10-25-11-8-14(9-12-25)18-19(29-30(26,27)20(21,22)23)16-13-15(28-4-2)6-7-17(16)24-18/h6-7,13-14,24H,3-5,8-12H2,1-2H3. The van der Waals surface area contributed by atoms with E-state index >= 15 is 0 Å². The quantitative estimate of drug-likeness (QED) is 0.465. The van der Waals surface area contributed by atoms with E-state index in [0.29, 0.717) is 36.4 Å². The van der Waals surface area contributed by atoms with E-state index in [1.807, 2.05) is 0 Å². The Morgan fingerprint density at radius 3 is 2.50 bits per heavy atom. The van der Waals surface area contributed by atoms with Gasteiger partial charge in [-0.3, -0.25) is 0 Å². The molecule has 1 N–H and O–H groups in total. The Balaban J connectivity index is 1.97. The summed E-state index contributed by atoms with van der Waals surface area (Å²) in [5.74, 6) is 0.0272. The van der Waals surface area contributed by atoms with E-state index in [0.717, 1.165) is 32.5 Å². The Morgan fingerprint density at radius 2 is 1.90 bits per heavy atom. The molecule has 3 rings (SSSR count). The number of halogens is 3. The summed E-state index contributed by atoms with van der Waals surface area (Å²) in [7, 11) is -5.79. The molecule has 1 aromatic carbocycles. The fourth-order valence-electron chi connectivity index (χ4n) is 3.78. The average molecular weight is 449 g/mol. The summed E-state index contributed by atoms with van der Waals surface area (Å²) < 4.78 is 72.7. The van der Waals surface area contributed by atoms with Gasteiger partial charge in [0.1, 0.15) is 5.75 Å². The second kappa shape index (κ2) is 9.05. The lowest BCUT2D eigenvalue weighted by molar-refractivity contribution is -0.0499. The predicted molar refractivity (Wildman–Crippen MR) is 108 cm³/mol. The van der Waals surface area contributed by atoms with E-state index in [1.165, 1.54) is 6.07 Å². The summed E-state index contributed by atoms with van der Waals surface area (Å²) in [6, 6.07) is 4.85. The van der Waals surface area contributed by atoms with Crippen molar-refractivity contribution in [2.75, 3.05) is 26.2 Å². The molecule has 1 aliphatic rings. The predicted octanol–water partition coefficient (Wildman–Crippen LogP) is 4.77. The molecule has 30 heavy (non-hydrogen) atoms. The Hall–Kier alpha value is -1.94. The molecular weight excluding hydrogens is 421 g/mol. The number of nitrogens with zero attached hydrogens (tertiary/aromatic N) is 1. The number of hydrogen-bond acceptors (Lipinski definition) is 5. The summed E-state index contributed by atoms with van der Waals surface area (Å²) in [4.78, 5) is 5.43. The van der Waals surface area contributed by atoms with Gasteiger partial charge in [-0.05, 0) is 64.0 Å². The van der Waals surface area contributed by atoms with Gasteiger partial charge in [0, 0.05) is 16.8 Å². The first-order valence-corrected chi connectivity index (χ1v) is 11.6. The van der Waals surface area contributed by atoms with Gasteiger partial charge in [0.2, 0.25) is 0 Å². The van der Waals surface area contributed by atoms with Crippen LogP contribution in [-0.4, -0.2) is 50.1 Å². The van der Waals surface area contributed by atoms with Crippen molar-refractivity contribution in [2.45, 2.75) is 51.0 Å². The zero-order valence-electron chi connectivity index (χ0n) is 17.1. The van der Waals surface area contributed by atoms with Crippen LogP contribution in [0.15, 0.2) is 18.2 Å². The highest BCUT2D eigenvalue weighted by atomic mass is 32.2. The van der Waals surface area contributed by atoms with Crippen LogP contribution in [-0.2, 0) is 10.1 Å². The van der Waals surface area contributed by atoms with Crippen LogP contribution in [0.3, 0.4) is 0 Å². The SMILES string of the molecule is CCCCN1CCC(c2[nH]c3ccc(OCC)cc3c2OS(=O)(=O)C(F)(F)F)CC1. The van der Waals surface area contributed by atoms with Crippen molar-refractivity contribution < 1.29 is 30.5 Å². The number of aromatic amines is 1. The van der Waals surface area contributed by atoms with Gasteiger partial charge in [0.05, 0.1) is 12.3 Å². The number of fused-ring (bicyclic) bond motifs is 1. The van der Waals surface area contributed by atoms with Gasteiger partial charge in [-0.15, -0.1) is 0 Å². The second-order valence-electron chi connectivity index (χ2n) is 7.46. The van der Waals surface area contributed by atoms with E-state index in [2.05, 4.69) is 21.0 Å². The third kappa shape index (κ3) is 4.85. The molecule has 0 spiro atoms. The third-order valence-corrected chi connectivity index (χ3v) is 6.31. The van der Waals surface area contributed by atoms with Crippen LogP contribution in [0.4, 0.5) is 13.2 Å². The van der Waals surface area contributed by atoms with Crippen molar-refractivity contribution in [3.63, 3.8) is 0 Å². The van der Waals surface area contributed by atoms with E-state index in [9.17, 15) is 21.6 Å². The number of unbranched alkanes of at least 4 members (excludes halogenated alkanes) is 1. The van der Waals surface area contributed by atoms with Crippen LogP contribution in [0.25, 0.3) is 10.9 Å². The zero-order valence-corrected chi connectivity index (χ0v) is 17.9. The summed E-state index contributed by atoms with van der Waals surface area (Å²) in [6.07, 6.45) is 3.60. The maximum absolute atomic E-state index is 13.0. The number of likely N-dealkylation sites (tertiary alicyclic amines) is 1. The maximum Gasteiger partial charge on any atom is 0.534 e. The van der Waals surface area contributed by atoms with E-state index in [-0.39, 0.29) is 17.1 Å². The number of benzene rings is 1. The van der Waals surface area contributed by atoms with E-state index in [4.69, 9.17) is 4.74 Å². The highest BCUT2D eigenvalue weighted by Gasteiger charge is 2.49. The largest absolute Gasteiger partial charge is 0.534 e. The molecule has 2 heterocycles. The van der Waals surface area contributed by atoms with Crippen LogP contribution >= 0.6 is 0 Å². The molecule has 1 fully saturated rings. The topological polar surface area (TPSA) is 71.6 Å². The molecule has 0 unspecified atom stereocenters. The summed E-state index contributed by atoms with van der Waals surface area (Å²) in [5.41, 5.74) is -4.61. The molecule has 6 nitrogen and oxygen atoms in total. The van der Waals surface area contributed by atoms with Crippen molar-refractivity contribution in [3.05, 3.63) is 23.9 Å². The molecule has 1 aliphatic heterocycles. The average Bonchev–Trinajstić information content (AvgIpc) is 3.03. The van der Waals surface area contributed by atoms with Gasteiger partial charge in [-0.1, -0.05) is 13.3 Å². The molecule has 10 heteroatoms. The van der Waals surface area contributed by atoms with E-state index < -0.39 is 15.6 Å². The smallest absolute Gasteiger partial charge is 0.494 e. The molecule has 2 aromatic rings. The lowest BCUT2D eigenvalue weighted by Gasteiger charge is -2.31. The Morgan fingerprint density at radius 1 is 1.20 bits per heavy atom. The summed E-state index contributed by atoms with van der Waals surface area (Å²) in [5, 5.41) is 0.261. The molecule has 0 amide bonds. The van der Waals surface area contributed by atoms with Gasteiger partial charge in [0.15, 0.2) is 5.75 Å². The molecule has 0 radical (unpaired) electrons. The number of aromatic nitrogens is 1. The monoisotopic (exact) mass is 448 g/mol. The number of rotatable bonds is 8. The normalized spacial score (nSPS) is 16.8. The first-order chi connectivity index (χ1) is 14.2. The summed E-state index contributed by atoms with van der Waals surface area (Å²) in [6.45, 7) is 6.86. The molecule has 1 aromatic heterocycles. The number of hydrogen-bond donors (Lipinski definition) is 1. The van der Waals surface area contributed by atoms with Gasteiger partial charge >= 0.3 is 15.6 Å².